The van der Waals surface area contributed by atoms with Gasteiger partial charge < -0.3 is 10.2 Å². The third-order valence-corrected chi connectivity index (χ3v) is 1.66. The number of aliphatic carboxylic acids is 1. The van der Waals surface area contributed by atoms with E-state index in [9.17, 15) is 4.79 Å². The zero-order valence-electron chi connectivity index (χ0n) is 7.78. The van der Waals surface area contributed by atoms with E-state index in [1.54, 1.807) is 6.08 Å². The second kappa shape index (κ2) is 7.76. The molecule has 0 aromatic heterocycles. The third-order valence-electron chi connectivity index (χ3n) is 1.66. The van der Waals surface area contributed by atoms with Crippen molar-refractivity contribution in [3.63, 3.8) is 0 Å². The number of carbonyl (C=O) groups is 1. The van der Waals surface area contributed by atoms with E-state index < -0.39 is 5.97 Å². The highest BCUT2D eigenvalue weighted by atomic mass is 16.4. The number of aliphatic hydroxyl groups is 1. The molecule has 0 atom stereocenters. The molecule has 13 heavy (non-hydrogen) atoms. The Balaban J connectivity index is 3.65. The second-order valence-electron chi connectivity index (χ2n) is 2.81. The van der Waals surface area contributed by atoms with Crippen LogP contribution in [0.3, 0.4) is 0 Å². The average molecular weight is 187 g/mol. The van der Waals surface area contributed by atoms with Crippen LogP contribution in [-0.2, 0) is 4.79 Å². The van der Waals surface area contributed by atoms with Crippen LogP contribution in [0.25, 0.3) is 0 Å². The summed E-state index contributed by atoms with van der Waals surface area (Å²) in [5, 5.41) is 17.0. The highest BCUT2D eigenvalue weighted by Crippen LogP contribution is 1.94. The summed E-state index contributed by atoms with van der Waals surface area (Å²) >= 11 is 0. The number of carboxylic acids is 1. The number of carboxylic acid groups (broad SMARTS) is 1. The van der Waals surface area contributed by atoms with Gasteiger partial charge in [0.25, 0.3) is 0 Å². The SMILES string of the molecule is C=CCN(CCCO)CCC(=O)O. The van der Waals surface area contributed by atoms with Gasteiger partial charge in [0.05, 0.1) is 6.42 Å². The zero-order chi connectivity index (χ0) is 10.1. The van der Waals surface area contributed by atoms with Crippen LogP contribution in [0.4, 0.5) is 0 Å². The van der Waals surface area contributed by atoms with Crippen LogP contribution in [0.15, 0.2) is 12.7 Å². The minimum absolute atomic E-state index is 0.138. The van der Waals surface area contributed by atoms with E-state index in [2.05, 4.69) is 6.58 Å². The van der Waals surface area contributed by atoms with Crippen molar-refractivity contribution in [3.8, 4) is 0 Å². The molecule has 0 aromatic rings. The maximum Gasteiger partial charge on any atom is 0.304 e. The molecular weight excluding hydrogens is 170 g/mol. The number of nitrogens with zero attached hydrogens (tertiary/aromatic N) is 1. The summed E-state index contributed by atoms with van der Waals surface area (Å²) in [6.07, 6.45) is 2.55. The first kappa shape index (κ1) is 12.1. The van der Waals surface area contributed by atoms with Gasteiger partial charge in [-0.05, 0) is 6.42 Å². The fourth-order valence-corrected chi connectivity index (χ4v) is 1.03. The molecule has 0 aliphatic heterocycles. The maximum absolute atomic E-state index is 10.3. The highest BCUT2D eigenvalue weighted by Gasteiger charge is 2.04. The van der Waals surface area contributed by atoms with E-state index in [1.807, 2.05) is 4.90 Å². The average Bonchev–Trinajstić information content (AvgIpc) is 2.09. The smallest absolute Gasteiger partial charge is 0.304 e. The zero-order valence-corrected chi connectivity index (χ0v) is 7.78. The molecule has 0 fully saturated rings. The van der Waals surface area contributed by atoms with Gasteiger partial charge in [0.1, 0.15) is 0 Å². The molecule has 0 spiro atoms. The summed E-state index contributed by atoms with van der Waals surface area (Å²) in [6.45, 7) is 5.63. The van der Waals surface area contributed by atoms with Gasteiger partial charge in [-0.25, -0.2) is 0 Å². The van der Waals surface area contributed by atoms with Gasteiger partial charge in [-0.2, -0.15) is 0 Å². The molecule has 4 nitrogen and oxygen atoms in total. The van der Waals surface area contributed by atoms with Crippen LogP contribution in [0, 0.1) is 0 Å². The van der Waals surface area contributed by atoms with Crippen molar-refractivity contribution in [1.82, 2.24) is 4.90 Å². The van der Waals surface area contributed by atoms with Gasteiger partial charge in [0.2, 0.25) is 0 Å². The molecule has 4 heteroatoms. The van der Waals surface area contributed by atoms with Crippen molar-refractivity contribution in [2.45, 2.75) is 12.8 Å². The number of hydrogen-bond donors (Lipinski definition) is 2. The van der Waals surface area contributed by atoms with Crippen molar-refractivity contribution < 1.29 is 15.0 Å². The first-order chi connectivity index (χ1) is 6.20. The van der Waals surface area contributed by atoms with E-state index in [0.717, 1.165) is 6.54 Å². The van der Waals surface area contributed by atoms with Crippen molar-refractivity contribution in [2.24, 2.45) is 0 Å². The van der Waals surface area contributed by atoms with Gasteiger partial charge in [-0.3, -0.25) is 9.69 Å². The largest absolute Gasteiger partial charge is 0.481 e. The fourth-order valence-electron chi connectivity index (χ4n) is 1.03. The summed E-state index contributed by atoms with van der Waals surface area (Å²) < 4.78 is 0. The maximum atomic E-state index is 10.3. The fraction of sp³-hybridized carbons (Fsp3) is 0.667. The molecule has 0 rings (SSSR count). The first-order valence-corrected chi connectivity index (χ1v) is 4.36. The van der Waals surface area contributed by atoms with Gasteiger partial charge >= 0.3 is 5.97 Å². The Morgan fingerprint density at radius 2 is 2.15 bits per heavy atom. The summed E-state index contributed by atoms with van der Waals surface area (Å²) in [4.78, 5) is 12.2. The summed E-state index contributed by atoms with van der Waals surface area (Å²) in [5.41, 5.74) is 0. The monoisotopic (exact) mass is 187 g/mol. The molecule has 0 saturated heterocycles. The Hall–Kier alpha value is -0.870. The third kappa shape index (κ3) is 7.49. The molecule has 0 aromatic carbocycles. The molecule has 0 heterocycles. The van der Waals surface area contributed by atoms with Crippen molar-refractivity contribution >= 4 is 5.97 Å². The lowest BCUT2D eigenvalue weighted by atomic mass is 10.3. The van der Waals surface area contributed by atoms with Crippen LogP contribution < -0.4 is 0 Å². The summed E-state index contributed by atoms with van der Waals surface area (Å²) in [7, 11) is 0. The number of aliphatic hydroxyl groups excluding tert-OH is 1. The Bertz CT molecular complexity index is 159. The van der Waals surface area contributed by atoms with Gasteiger partial charge in [-0.1, -0.05) is 6.08 Å². The van der Waals surface area contributed by atoms with Crippen LogP contribution in [-0.4, -0.2) is 47.3 Å². The Morgan fingerprint density at radius 1 is 1.46 bits per heavy atom. The highest BCUT2D eigenvalue weighted by molar-refractivity contribution is 5.66. The van der Waals surface area contributed by atoms with Crippen LogP contribution in [0.1, 0.15) is 12.8 Å². The molecule has 0 saturated carbocycles. The molecule has 0 aliphatic carbocycles. The van der Waals surface area contributed by atoms with Crippen molar-refractivity contribution in [1.29, 1.82) is 0 Å². The predicted octanol–water partition coefficient (Wildman–Crippen LogP) is 0.331. The Morgan fingerprint density at radius 3 is 2.62 bits per heavy atom. The van der Waals surface area contributed by atoms with Crippen molar-refractivity contribution in [2.75, 3.05) is 26.2 Å². The molecule has 0 bridgehead atoms. The summed E-state index contributed by atoms with van der Waals surface area (Å²) in [5.74, 6) is -0.793. The van der Waals surface area contributed by atoms with E-state index in [4.69, 9.17) is 10.2 Å². The van der Waals surface area contributed by atoms with E-state index in [0.29, 0.717) is 19.5 Å². The predicted molar refractivity (Wildman–Crippen MR) is 50.6 cm³/mol. The molecule has 2 N–H and O–H groups in total. The minimum Gasteiger partial charge on any atom is -0.481 e. The van der Waals surface area contributed by atoms with E-state index in [1.165, 1.54) is 0 Å². The van der Waals surface area contributed by atoms with Gasteiger partial charge in [0.15, 0.2) is 0 Å². The minimum atomic E-state index is -0.793. The lowest BCUT2D eigenvalue weighted by molar-refractivity contribution is -0.137. The number of rotatable bonds is 8. The molecule has 76 valence electrons. The van der Waals surface area contributed by atoms with Crippen LogP contribution >= 0.6 is 0 Å². The molecule has 0 aliphatic rings. The summed E-state index contributed by atoms with van der Waals surface area (Å²) in [6, 6.07) is 0. The van der Waals surface area contributed by atoms with E-state index >= 15 is 0 Å². The number of hydrogen-bond acceptors (Lipinski definition) is 3. The molecule has 0 radical (unpaired) electrons. The Labute approximate surface area is 78.5 Å². The van der Waals surface area contributed by atoms with Gasteiger partial charge in [0, 0.05) is 26.2 Å². The molecule has 0 unspecified atom stereocenters. The topological polar surface area (TPSA) is 60.8 Å². The quantitative estimate of drug-likeness (QED) is 0.538. The van der Waals surface area contributed by atoms with Crippen molar-refractivity contribution in [3.05, 3.63) is 12.7 Å². The standard InChI is InChI=1S/C9H17NO3/c1-2-5-10(6-3-8-11)7-4-9(12)13/h2,11H,1,3-8H2,(H,12,13). The molecule has 0 amide bonds. The van der Waals surface area contributed by atoms with Crippen LogP contribution in [0.5, 0.6) is 0 Å². The van der Waals surface area contributed by atoms with Crippen LogP contribution in [0.2, 0.25) is 0 Å². The van der Waals surface area contributed by atoms with E-state index in [-0.39, 0.29) is 13.0 Å². The molecular formula is C9H17NO3. The normalized spacial score (nSPS) is 10.3. The Kier molecular flexibility index (Phi) is 7.24. The lowest BCUT2D eigenvalue weighted by Crippen LogP contribution is -2.28. The first-order valence-electron chi connectivity index (χ1n) is 4.36. The lowest BCUT2D eigenvalue weighted by Gasteiger charge is -2.18. The second-order valence-corrected chi connectivity index (χ2v) is 2.81. The van der Waals surface area contributed by atoms with Gasteiger partial charge in [-0.15, -0.1) is 6.58 Å².